The van der Waals surface area contributed by atoms with Gasteiger partial charge in [0.1, 0.15) is 0 Å². The first-order chi connectivity index (χ1) is 11.9. The molecule has 0 saturated heterocycles. The van der Waals surface area contributed by atoms with Crippen LogP contribution in [0.1, 0.15) is 65.7 Å². The summed E-state index contributed by atoms with van der Waals surface area (Å²) in [5.41, 5.74) is 6.82. The molecule has 0 aromatic carbocycles. The number of ketones is 2. The number of carbonyl (C=O) groups is 2. The van der Waals surface area contributed by atoms with Gasteiger partial charge in [0.25, 0.3) is 0 Å². The topological polar surface area (TPSA) is 60.2 Å². The van der Waals surface area contributed by atoms with Crippen LogP contribution in [0.3, 0.4) is 0 Å². The van der Waals surface area contributed by atoms with Crippen molar-refractivity contribution in [3.63, 3.8) is 0 Å². The largest absolute Gasteiger partial charge is 0.330 e. The number of hydrogen-bond acceptors (Lipinski definition) is 3. The highest BCUT2D eigenvalue weighted by molar-refractivity contribution is 6.06. The molecule has 2 rings (SSSR count). The van der Waals surface area contributed by atoms with Crippen molar-refractivity contribution in [2.75, 3.05) is 6.54 Å². The summed E-state index contributed by atoms with van der Waals surface area (Å²) >= 11 is 0. The van der Waals surface area contributed by atoms with E-state index in [0.717, 1.165) is 12.3 Å². The normalized spacial score (nSPS) is 30.8. The van der Waals surface area contributed by atoms with Gasteiger partial charge in [-0.2, -0.15) is 0 Å². The van der Waals surface area contributed by atoms with E-state index in [9.17, 15) is 9.59 Å². The van der Waals surface area contributed by atoms with Crippen LogP contribution in [0.4, 0.5) is 0 Å². The Morgan fingerprint density at radius 3 is 2.76 bits per heavy atom. The average molecular weight is 346 g/mol. The Balaban J connectivity index is 2.06. The minimum absolute atomic E-state index is 0.0618. The standard InChI is InChI=1S/C22H35NO2/c1-15(2)19(13-17-7-4-6-16(3)12-17)14-21(24)20-9-5-8-18(10-11-23)22(20)25/h5,9,13,15-18,20H,4,6-8,10-12,14,23H2,1-3H3. The molecule has 0 aliphatic heterocycles. The van der Waals surface area contributed by atoms with Crippen LogP contribution in [0.2, 0.25) is 0 Å². The number of hydrogen-bond donors (Lipinski definition) is 1. The molecule has 0 radical (unpaired) electrons. The Hall–Kier alpha value is -1.22. The molecule has 2 aliphatic carbocycles. The third-order valence-corrected chi connectivity index (χ3v) is 5.87. The molecular weight excluding hydrogens is 310 g/mol. The maximum atomic E-state index is 12.8. The van der Waals surface area contributed by atoms with Crippen molar-refractivity contribution in [3.05, 3.63) is 23.8 Å². The van der Waals surface area contributed by atoms with Gasteiger partial charge in [-0.3, -0.25) is 9.59 Å². The average Bonchev–Trinajstić information content (AvgIpc) is 2.56. The summed E-state index contributed by atoms with van der Waals surface area (Å²) < 4.78 is 0. The zero-order chi connectivity index (χ0) is 18.4. The van der Waals surface area contributed by atoms with E-state index in [1.807, 2.05) is 12.2 Å². The summed E-state index contributed by atoms with van der Waals surface area (Å²) in [6.07, 6.45) is 13.1. The van der Waals surface area contributed by atoms with Crippen LogP contribution in [0, 0.1) is 29.6 Å². The van der Waals surface area contributed by atoms with Crippen molar-refractivity contribution >= 4 is 11.6 Å². The second-order valence-electron chi connectivity index (χ2n) is 8.39. The Morgan fingerprint density at radius 1 is 1.36 bits per heavy atom. The van der Waals surface area contributed by atoms with E-state index in [0.29, 0.717) is 31.2 Å². The first-order valence-corrected chi connectivity index (χ1v) is 10.1. The van der Waals surface area contributed by atoms with Gasteiger partial charge in [-0.05, 0) is 50.0 Å². The van der Waals surface area contributed by atoms with Crippen LogP contribution in [-0.2, 0) is 9.59 Å². The molecule has 2 N–H and O–H groups in total. The SMILES string of the molecule is CC1CCCC(C=C(CC(=O)C2C=CCC(CCN)C2=O)C(C)C)C1. The molecule has 1 fully saturated rings. The predicted octanol–water partition coefficient (Wildman–Crippen LogP) is 4.46. The fourth-order valence-corrected chi connectivity index (χ4v) is 4.27. The summed E-state index contributed by atoms with van der Waals surface area (Å²) in [7, 11) is 0. The highest BCUT2D eigenvalue weighted by atomic mass is 16.2. The molecule has 3 heteroatoms. The molecule has 0 spiro atoms. The fourth-order valence-electron chi connectivity index (χ4n) is 4.27. The second kappa shape index (κ2) is 9.47. The van der Waals surface area contributed by atoms with E-state index in [4.69, 9.17) is 5.73 Å². The van der Waals surface area contributed by atoms with Crippen molar-refractivity contribution < 1.29 is 9.59 Å². The lowest BCUT2D eigenvalue weighted by molar-refractivity contribution is -0.133. The molecule has 0 amide bonds. The molecule has 25 heavy (non-hydrogen) atoms. The van der Waals surface area contributed by atoms with E-state index in [1.165, 1.54) is 31.3 Å². The van der Waals surface area contributed by atoms with Crippen molar-refractivity contribution in [1.82, 2.24) is 0 Å². The van der Waals surface area contributed by atoms with Gasteiger partial charge in [0.2, 0.25) is 0 Å². The maximum Gasteiger partial charge on any atom is 0.151 e. The van der Waals surface area contributed by atoms with E-state index in [2.05, 4.69) is 26.8 Å². The van der Waals surface area contributed by atoms with Crippen LogP contribution < -0.4 is 5.73 Å². The maximum absolute atomic E-state index is 12.8. The van der Waals surface area contributed by atoms with E-state index in [-0.39, 0.29) is 17.5 Å². The van der Waals surface area contributed by atoms with Gasteiger partial charge in [0, 0.05) is 12.3 Å². The van der Waals surface area contributed by atoms with Gasteiger partial charge in [-0.15, -0.1) is 0 Å². The molecule has 4 atom stereocenters. The lowest BCUT2D eigenvalue weighted by atomic mass is 9.77. The van der Waals surface area contributed by atoms with E-state index >= 15 is 0 Å². The van der Waals surface area contributed by atoms with Gasteiger partial charge in [-0.25, -0.2) is 0 Å². The molecule has 1 saturated carbocycles. The predicted molar refractivity (Wildman–Crippen MR) is 103 cm³/mol. The first kappa shape index (κ1) is 20.1. The van der Waals surface area contributed by atoms with Gasteiger partial charge in [0.15, 0.2) is 11.6 Å². The van der Waals surface area contributed by atoms with E-state index in [1.54, 1.807) is 0 Å². The Kier molecular flexibility index (Phi) is 7.61. The minimum Gasteiger partial charge on any atom is -0.330 e. The van der Waals surface area contributed by atoms with Crippen molar-refractivity contribution in [3.8, 4) is 0 Å². The number of allylic oxidation sites excluding steroid dienone is 4. The zero-order valence-electron chi connectivity index (χ0n) is 16.2. The number of rotatable bonds is 7. The second-order valence-corrected chi connectivity index (χ2v) is 8.39. The summed E-state index contributed by atoms with van der Waals surface area (Å²) in [4.78, 5) is 25.4. The summed E-state index contributed by atoms with van der Waals surface area (Å²) in [5.74, 6) is 1.23. The Morgan fingerprint density at radius 2 is 2.12 bits per heavy atom. The van der Waals surface area contributed by atoms with Crippen LogP contribution in [0.15, 0.2) is 23.8 Å². The molecule has 0 aromatic rings. The minimum atomic E-state index is -0.558. The number of carbonyl (C=O) groups excluding carboxylic acids is 2. The molecule has 2 aliphatic rings. The van der Waals surface area contributed by atoms with Gasteiger partial charge in [-0.1, -0.05) is 57.4 Å². The molecule has 3 nitrogen and oxygen atoms in total. The van der Waals surface area contributed by atoms with Crippen LogP contribution in [-0.4, -0.2) is 18.1 Å². The van der Waals surface area contributed by atoms with Crippen LogP contribution >= 0.6 is 0 Å². The van der Waals surface area contributed by atoms with Crippen LogP contribution in [0.25, 0.3) is 0 Å². The van der Waals surface area contributed by atoms with Crippen molar-refractivity contribution in [1.29, 1.82) is 0 Å². The van der Waals surface area contributed by atoms with Gasteiger partial charge >= 0.3 is 0 Å². The van der Waals surface area contributed by atoms with Gasteiger partial charge in [0.05, 0.1) is 5.92 Å². The molecule has 0 heterocycles. The Bertz CT molecular complexity index is 532. The summed E-state index contributed by atoms with van der Waals surface area (Å²) in [6, 6.07) is 0. The smallest absolute Gasteiger partial charge is 0.151 e. The van der Waals surface area contributed by atoms with Crippen molar-refractivity contribution in [2.24, 2.45) is 35.3 Å². The third-order valence-electron chi connectivity index (χ3n) is 5.87. The Labute approximate surface area is 153 Å². The van der Waals surface area contributed by atoms with Gasteiger partial charge < -0.3 is 5.73 Å². The quantitative estimate of drug-likeness (QED) is 0.547. The molecule has 0 aromatic heterocycles. The highest BCUT2D eigenvalue weighted by Crippen LogP contribution is 2.32. The molecular formula is C22H35NO2. The first-order valence-electron chi connectivity index (χ1n) is 10.1. The highest BCUT2D eigenvalue weighted by Gasteiger charge is 2.32. The summed E-state index contributed by atoms with van der Waals surface area (Å²) in [6.45, 7) is 7.13. The third kappa shape index (κ3) is 5.64. The monoisotopic (exact) mass is 345 g/mol. The van der Waals surface area contributed by atoms with Crippen molar-refractivity contribution in [2.45, 2.75) is 65.7 Å². The number of Topliss-reactive ketones (excluding diaryl/α,β-unsaturated/α-hetero) is 2. The van der Waals surface area contributed by atoms with E-state index < -0.39 is 5.92 Å². The molecule has 4 unspecified atom stereocenters. The lowest BCUT2D eigenvalue weighted by Crippen LogP contribution is -2.32. The number of nitrogens with two attached hydrogens (primary N) is 1. The molecule has 0 bridgehead atoms. The fraction of sp³-hybridized carbons (Fsp3) is 0.727. The zero-order valence-corrected chi connectivity index (χ0v) is 16.2. The molecule has 140 valence electrons. The lowest BCUT2D eigenvalue weighted by Gasteiger charge is -2.27. The summed E-state index contributed by atoms with van der Waals surface area (Å²) in [5, 5.41) is 0. The van der Waals surface area contributed by atoms with Crippen LogP contribution in [0.5, 0.6) is 0 Å².